The zero-order valence-corrected chi connectivity index (χ0v) is 9.85. The second kappa shape index (κ2) is 6.36. The van der Waals surface area contributed by atoms with Crippen LogP contribution in [-0.2, 0) is 4.74 Å². The Morgan fingerprint density at radius 3 is 2.94 bits per heavy atom. The third-order valence-corrected chi connectivity index (χ3v) is 2.60. The minimum absolute atomic E-state index is 0.556. The Kier molecular flexibility index (Phi) is 4.52. The van der Waals surface area contributed by atoms with Crippen LogP contribution in [0.4, 0.5) is 11.6 Å². The number of hydrogen-bond donors (Lipinski definition) is 3. The second-order valence-corrected chi connectivity index (χ2v) is 4.23. The van der Waals surface area contributed by atoms with Crippen molar-refractivity contribution in [3.63, 3.8) is 0 Å². The average Bonchev–Trinajstić information content (AvgIpc) is 3.18. The highest BCUT2D eigenvalue weighted by atomic mass is 16.5. The molecule has 4 N–H and O–H groups in total. The Hall–Kier alpha value is -1.40. The van der Waals surface area contributed by atoms with Crippen molar-refractivity contribution >= 4 is 11.6 Å². The molecule has 6 heteroatoms. The zero-order chi connectivity index (χ0) is 11.9. The third-order valence-electron chi connectivity index (χ3n) is 2.60. The molecule has 1 aromatic heterocycles. The maximum atomic E-state index is 5.53. The molecule has 1 saturated carbocycles. The van der Waals surface area contributed by atoms with Gasteiger partial charge in [0.15, 0.2) is 5.82 Å². The van der Waals surface area contributed by atoms with Gasteiger partial charge in [-0.25, -0.2) is 10.8 Å². The number of ether oxygens (including phenoxy) is 1. The van der Waals surface area contributed by atoms with Crippen molar-refractivity contribution in [3.05, 3.63) is 12.4 Å². The maximum absolute atomic E-state index is 5.53. The Balaban J connectivity index is 1.56. The standard InChI is InChI=1S/C11H19N5O/c12-16-11-7-13-6-10(15-11)14-4-1-5-17-8-9-2-3-9/h6-7,9H,1-5,8,12H2,(H2,14,15,16). The van der Waals surface area contributed by atoms with E-state index in [1.807, 2.05) is 0 Å². The van der Waals surface area contributed by atoms with Gasteiger partial charge in [-0.3, -0.25) is 4.98 Å². The van der Waals surface area contributed by atoms with Crippen LogP contribution < -0.4 is 16.6 Å². The summed E-state index contributed by atoms with van der Waals surface area (Å²) < 4.78 is 5.53. The van der Waals surface area contributed by atoms with Gasteiger partial charge in [-0.2, -0.15) is 0 Å². The third kappa shape index (κ3) is 4.54. The van der Waals surface area contributed by atoms with Crippen LogP contribution in [0.3, 0.4) is 0 Å². The van der Waals surface area contributed by atoms with Gasteiger partial charge in [0.2, 0.25) is 0 Å². The Morgan fingerprint density at radius 1 is 1.35 bits per heavy atom. The smallest absolute Gasteiger partial charge is 0.160 e. The molecule has 0 amide bonds. The quantitative estimate of drug-likeness (QED) is 0.355. The van der Waals surface area contributed by atoms with Crippen LogP contribution in [0.2, 0.25) is 0 Å². The highest BCUT2D eigenvalue weighted by Crippen LogP contribution is 2.28. The fourth-order valence-electron chi connectivity index (χ4n) is 1.45. The molecule has 1 heterocycles. The predicted octanol–water partition coefficient (Wildman–Crippen LogP) is 0.991. The summed E-state index contributed by atoms with van der Waals surface area (Å²) in [6.07, 6.45) is 6.89. The molecular formula is C11H19N5O. The molecule has 0 saturated heterocycles. The lowest BCUT2D eigenvalue weighted by Crippen LogP contribution is -2.12. The average molecular weight is 237 g/mol. The van der Waals surface area contributed by atoms with E-state index in [2.05, 4.69) is 20.7 Å². The molecule has 17 heavy (non-hydrogen) atoms. The molecule has 0 radical (unpaired) electrons. The molecule has 6 nitrogen and oxygen atoms in total. The predicted molar refractivity (Wildman–Crippen MR) is 66.5 cm³/mol. The monoisotopic (exact) mass is 237 g/mol. The Labute approximate surface area is 101 Å². The summed E-state index contributed by atoms with van der Waals surface area (Å²) in [5, 5.41) is 3.17. The maximum Gasteiger partial charge on any atom is 0.160 e. The summed E-state index contributed by atoms with van der Waals surface area (Å²) >= 11 is 0. The lowest BCUT2D eigenvalue weighted by Gasteiger charge is -2.07. The first-order chi connectivity index (χ1) is 8.38. The summed E-state index contributed by atoms with van der Waals surface area (Å²) in [4.78, 5) is 8.20. The molecule has 0 unspecified atom stereocenters. The molecule has 0 aromatic carbocycles. The highest BCUT2D eigenvalue weighted by Gasteiger charge is 2.20. The fraction of sp³-hybridized carbons (Fsp3) is 0.636. The summed E-state index contributed by atoms with van der Waals surface area (Å²) in [5.41, 5.74) is 2.46. The van der Waals surface area contributed by atoms with Gasteiger partial charge in [0, 0.05) is 19.8 Å². The van der Waals surface area contributed by atoms with E-state index in [4.69, 9.17) is 10.6 Å². The molecular weight excluding hydrogens is 218 g/mol. The molecule has 1 aromatic rings. The van der Waals surface area contributed by atoms with Crippen molar-refractivity contribution in [3.8, 4) is 0 Å². The van der Waals surface area contributed by atoms with Crippen LogP contribution in [0.5, 0.6) is 0 Å². The van der Waals surface area contributed by atoms with Crippen LogP contribution >= 0.6 is 0 Å². The first kappa shape index (κ1) is 12.1. The van der Waals surface area contributed by atoms with Crippen LogP contribution in [0.1, 0.15) is 19.3 Å². The molecule has 1 fully saturated rings. The Bertz CT molecular complexity index is 342. The van der Waals surface area contributed by atoms with Crippen molar-refractivity contribution in [2.24, 2.45) is 11.8 Å². The molecule has 0 aliphatic heterocycles. The lowest BCUT2D eigenvalue weighted by molar-refractivity contribution is 0.124. The summed E-state index contributed by atoms with van der Waals surface area (Å²) in [7, 11) is 0. The van der Waals surface area contributed by atoms with Crippen LogP contribution in [0, 0.1) is 5.92 Å². The minimum atomic E-state index is 0.556. The summed E-state index contributed by atoms with van der Waals surface area (Å²) in [6, 6.07) is 0. The van der Waals surface area contributed by atoms with Crippen molar-refractivity contribution in [1.29, 1.82) is 0 Å². The van der Waals surface area contributed by atoms with Gasteiger partial charge in [-0.1, -0.05) is 0 Å². The largest absolute Gasteiger partial charge is 0.381 e. The van der Waals surface area contributed by atoms with Crippen LogP contribution in [0.15, 0.2) is 12.4 Å². The number of nitrogens with two attached hydrogens (primary N) is 1. The van der Waals surface area contributed by atoms with Gasteiger partial charge >= 0.3 is 0 Å². The van der Waals surface area contributed by atoms with Crippen molar-refractivity contribution in [1.82, 2.24) is 9.97 Å². The normalized spacial score (nSPS) is 14.6. The van der Waals surface area contributed by atoms with Gasteiger partial charge in [0.25, 0.3) is 0 Å². The highest BCUT2D eigenvalue weighted by molar-refractivity contribution is 5.40. The lowest BCUT2D eigenvalue weighted by atomic mass is 10.4. The van der Waals surface area contributed by atoms with Crippen LogP contribution in [0.25, 0.3) is 0 Å². The number of nitrogen functional groups attached to an aromatic ring is 1. The van der Waals surface area contributed by atoms with E-state index in [9.17, 15) is 0 Å². The molecule has 1 aliphatic rings. The number of nitrogens with one attached hydrogen (secondary N) is 2. The van der Waals surface area contributed by atoms with E-state index in [0.717, 1.165) is 37.9 Å². The van der Waals surface area contributed by atoms with Crippen molar-refractivity contribution in [2.45, 2.75) is 19.3 Å². The van der Waals surface area contributed by atoms with Gasteiger partial charge < -0.3 is 15.5 Å². The molecule has 0 atom stereocenters. The molecule has 1 aliphatic carbocycles. The molecule has 0 spiro atoms. The SMILES string of the molecule is NNc1cncc(NCCCOCC2CC2)n1. The minimum Gasteiger partial charge on any atom is -0.381 e. The summed E-state index contributed by atoms with van der Waals surface area (Å²) in [6.45, 7) is 2.55. The van der Waals surface area contributed by atoms with Gasteiger partial charge in [0.1, 0.15) is 5.82 Å². The Morgan fingerprint density at radius 2 is 2.18 bits per heavy atom. The first-order valence-corrected chi connectivity index (χ1v) is 5.99. The number of rotatable bonds is 8. The summed E-state index contributed by atoms with van der Waals surface area (Å²) in [5.74, 6) is 7.36. The molecule has 0 bridgehead atoms. The van der Waals surface area contributed by atoms with E-state index >= 15 is 0 Å². The van der Waals surface area contributed by atoms with E-state index in [1.54, 1.807) is 12.4 Å². The number of nitrogens with zero attached hydrogens (tertiary/aromatic N) is 2. The second-order valence-electron chi connectivity index (χ2n) is 4.23. The van der Waals surface area contributed by atoms with Gasteiger partial charge in [-0.15, -0.1) is 0 Å². The molecule has 2 rings (SSSR count). The van der Waals surface area contributed by atoms with Gasteiger partial charge in [0.05, 0.1) is 12.4 Å². The van der Waals surface area contributed by atoms with E-state index < -0.39 is 0 Å². The van der Waals surface area contributed by atoms with Crippen molar-refractivity contribution in [2.75, 3.05) is 30.5 Å². The van der Waals surface area contributed by atoms with Crippen molar-refractivity contribution < 1.29 is 4.74 Å². The first-order valence-electron chi connectivity index (χ1n) is 5.99. The zero-order valence-electron chi connectivity index (χ0n) is 9.85. The number of aromatic nitrogens is 2. The van der Waals surface area contributed by atoms with E-state index in [-0.39, 0.29) is 0 Å². The van der Waals surface area contributed by atoms with E-state index in [1.165, 1.54) is 12.8 Å². The number of hydrogen-bond acceptors (Lipinski definition) is 6. The van der Waals surface area contributed by atoms with E-state index in [0.29, 0.717) is 5.82 Å². The van der Waals surface area contributed by atoms with Crippen LogP contribution in [-0.4, -0.2) is 29.7 Å². The number of anilines is 2. The number of hydrazine groups is 1. The van der Waals surface area contributed by atoms with Gasteiger partial charge in [-0.05, 0) is 25.2 Å². The molecule has 94 valence electrons. The topological polar surface area (TPSA) is 85.1 Å². The fourth-order valence-corrected chi connectivity index (χ4v) is 1.45.